The highest BCUT2D eigenvalue weighted by Gasteiger charge is 2.19. The smallest absolute Gasteiger partial charge is 0.263 e. The first kappa shape index (κ1) is 20.7. The first-order chi connectivity index (χ1) is 16.0. The van der Waals surface area contributed by atoms with Crippen LogP contribution in [0.1, 0.15) is 34.7 Å². The maximum absolute atomic E-state index is 13.5. The van der Waals surface area contributed by atoms with Crippen molar-refractivity contribution in [2.24, 2.45) is 0 Å². The maximum Gasteiger partial charge on any atom is 0.263 e. The van der Waals surface area contributed by atoms with E-state index in [1.54, 1.807) is 12.2 Å². The number of allylic oxidation sites excluding steroid dienone is 1. The number of nitrogens with zero attached hydrogens (tertiary/aromatic N) is 1. The molecule has 5 aromatic rings. The first-order valence-corrected chi connectivity index (χ1v) is 11.1. The topological polar surface area (TPSA) is 21.5 Å². The molecule has 0 unspecified atom stereocenters. The Kier molecular flexibility index (Phi) is 4.87. The molecule has 0 atom stereocenters. The molecule has 0 radical (unpaired) electrons. The summed E-state index contributed by atoms with van der Waals surface area (Å²) in [4.78, 5) is 13.5. The fraction of sp³-hybridized carbons (Fsp3) is 0.0645. The zero-order valence-corrected chi connectivity index (χ0v) is 19.0. The number of fused-ring (bicyclic) bond motifs is 3. The van der Waals surface area contributed by atoms with Gasteiger partial charge in [-0.25, -0.2) is 0 Å². The molecule has 2 aromatic heterocycles. The molecule has 5 rings (SSSR count). The number of aryl methyl sites for hydroxylation is 1. The number of hydrogen-bond acceptors (Lipinski definition) is 1. The molecule has 2 nitrogen and oxygen atoms in total. The standard InChI is InChI=1S/C31H25NO/c1-6-11-25-21(7-2)19(5)14-16-24(25)20-15-17-29-28(18-20)27-13-10-12-26-22(8-3)23(9-4)31(33)32(29)30(26)27/h6-18H,2-4H2,1,5H3/b11-6-. The van der Waals surface area contributed by atoms with E-state index in [2.05, 4.69) is 75.2 Å². The molecule has 0 aliphatic carbocycles. The second kappa shape index (κ2) is 7.75. The van der Waals surface area contributed by atoms with Crippen molar-refractivity contribution in [1.29, 1.82) is 0 Å². The summed E-state index contributed by atoms with van der Waals surface area (Å²) in [5, 5.41) is 3.12. The predicted molar refractivity (Wildman–Crippen MR) is 145 cm³/mol. The Morgan fingerprint density at radius 2 is 1.52 bits per heavy atom. The molecule has 160 valence electrons. The van der Waals surface area contributed by atoms with Crippen molar-refractivity contribution in [3.8, 4) is 11.1 Å². The van der Waals surface area contributed by atoms with E-state index in [4.69, 9.17) is 0 Å². The third-order valence-electron chi connectivity index (χ3n) is 6.56. The molecule has 0 bridgehead atoms. The summed E-state index contributed by atoms with van der Waals surface area (Å²) in [6, 6.07) is 16.8. The number of pyridine rings is 1. The Labute approximate surface area is 193 Å². The van der Waals surface area contributed by atoms with Gasteiger partial charge in [0.2, 0.25) is 0 Å². The molecule has 0 N–H and O–H groups in total. The van der Waals surface area contributed by atoms with Gasteiger partial charge in [-0.2, -0.15) is 0 Å². The van der Waals surface area contributed by atoms with Crippen molar-refractivity contribution in [1.82, 2.24) is 4.40 Å². The van der Waals surface area contributed by atoms with Crippen LogP contribution >= 0.6 is 0 Å². The molecule has 3 aromatic carbocycles. The van der Waals surface area contributed by atoms with Gasteiger partial charge in [-0.05, 0) is 59.4 Å². The summed E-state index contributed by atoms with van der Waals surface area (Å²) in [7, 11) is 0. The quantitative estimate of drug-likeness (QED) is 0.279. The second-order valence-corrected chi connectivity index (χ2v) is 8.27. The Hall–Kier alpha value is -4.17. The highest BCUT2D eigenvalue weighted by atomic mass is 16.1. The number of para-hydroxylation sites is 1. The highest BCUT2D eigenvalue weighted by molar-refractivity contribution is 6.16. The van der Waals surface area contributed by atoms with E-state index >= 15 is 0 Å². The van der Waals surface area contributed by atoms with E-state index in [0.717, 1.165) is 55.0 Å². The molecular formula is C31H25NO. The van der Waals surface area contributed by atoms with Gasteiger partial charge in [0.25, 0.3) is 5.56 Å². The first-order valence-electron chi connectivity index (χ1n) is 11.1. The normalized spacial score (nSPS) is 11.7. The number of hydrogen-bond donors (Lipinski definition) is 0. The fourth-order valence-electron chi connectivity index (χ4n) is 5.08. The summed E-state index contributed by atoms with van der Waals surface area (Å²) in [6.07, 6.45) is 9.50. The van der Waals surface area contributed by atoms with Gasteiger partial charge in [0.05, 0.1) is 11.0 Å². The van der Waals surface area contributed by atoms with E-state index in [1.165, 1.54) is 5.56 Å². The van der Waals surface area contributed by atoms with Gasteiger partial charge in [-0.1, -0.05) is 86.5 Å². The van der Waals surface area contributed by atoms with Gasteiger partial charge in [-0.15, -0.1) is 0 Å². The zero-order valence-electron chi connectivity index (χ0n) is 19.0. The Morgan fingerprint density at radius 1 is 0.788 bits per heavy atom. The lowest BCUT2D eigenvalue weighted by Crippen LogP contribution is -2.17. The van der Waals surface area contributed by atoms with Gasteiger partial charge in [0.1, 0.15) is 0 Å². The van der Waals surface area contributed by atoms with Crippen molar-refractivity contribution < 1.29 is 0 Å². The van der Waals surface area contributed by atoms with Gasteiger partial charge >= 0.3 is 0 Å². The van der Waals surface area contributed by atoms with Crippen LogP contribution in [0.15, 0.2) is 79.1 Å². The SMILES string of the molecule is C=Cc1c(C)ccc(-c2ccc3c(c2)c2cccc4c(C=C)c(C=C)c(=O)n3c42)c1/C=C\C. The highest BCUT2D eigenvalue weighted by Crippen LogP contribution is 2.37. The van der Waals surface area contributed by atoms with Crippen LogP contribution in [0.25, 0.3) is 62.6 Å². The van der Waals surface area contributed by atoms with Crippen LogP contribution in [0.3, 0.4) is 0 Å². The molecule has 2 heteroatoms. The second-order valence-electron chi connectivity index (χ2n) is 8.27. The van der Waals surface area contributed by atoms with E-state index in [-0.39, 0.29) is 5.56 Å². The lowest BCUT2D eigenvalue weighted by molar-refractivity contribution is 1.17. The third kappa shape index (κ3) is 2.84. The Bertz CT molecular complexity index is 1690. The summed E-state index contributed by atoms with van der Waals surface area (Å²) >= 11 is 0. The van der Waals surface area contributed by atoms with Gasteiger partial charge < -0.3 is 0 Å². The van der Waals surface area contributed by atoms with Crippen LogP contribution in [-0.2, 0) is 0 Å². The molecule has 0 saturated heterocycles. The monoisotopic (exact) mass is 427 g/mol. The molecule has 0 fully saturated rings. The number of rotatable bonds is 5. The van der Waals surface area contributed by atoms with Crippen molar-refractivity contribution in [3.05, 3.63) is 113 Å². The summed E-state index contributed by atoms with van der Waals surface area (Å²) in [6.45, 7) is 16.0. The van der Waals surface area contributed by atoms with Gasteiger partial charge in [-0.3, -0.25) is 9.20 Å². The average molecular weight is 428 g/mol. The van der Waals surface area contributed by atoms with Gasteiger partial charge in [0.15, 0.2) is 0 Å². The minimum Gasteiger partial charge on any atom is -0.275 e. The maximum atomic E-state index is 13.5. The van der Waals surface area contributed by atoms with Crippen molar-refractivity contribution in [2.45, 2.75) is 13.8 Å². The Morgan fingerprint density at radius 3 is 2.21 bits per heavy atom. The van der Waals surface area contributed by atoms with Crippen molar-refractivity contribution >= 4 is 51.5 Å². The van der Waals surface area contributed by atoms with Crippen LogP contribution in [0.4, 0.5) is 0 Å². The molecule has 2 heterocycles. The van der Waals surface area contributed by atoms with Crippen LogP contribution < -0.4 is 5.56 Å². The minimum atomic E-state index is -0.0646. The third-order valence-corrected chi connectivity index (χ3v) is 6.56. The van der Waals surface area contributed by atoms with Crippen molar-refractivity contribution in [3.63, 3.8) is 0 Å². The van der Waals surface area contributed by atoms with Crippen LogP contribution in [0.2, 0.25) is 0 Å². The largest absolute Gasteiger partial charge is 0.275 e. The molecular weight excluding hydrogens is 402 g/mol. The van der Waals surface area contributed by atoms with Crippen molar-refractivity contribution in [2.75, 3.05) is 0 Å². The molecule has 0 aliphatic rings. The fourth-order valence-corrected chi connectivity index (χ4v) is 5.08. The van der Waals surface area contributed by atoms with E-state index in [9.17, 15) is 4.79 Å². The summed E-state index contributed by atoms with van der Waals surface area (Å²) < 4.78 is 1.82. The molecule has 0 saturated carbocycles. The number of aromatic nitrogens is 1. The Balaban J connectivity index is 1.93. The van der Waals surface area contributed by atoms with E-state index in [1.807, 2.05) is 29.5 Å². The van der Waals surface area contributed by atoms with Gasteiger partial charge in [0, 0.05) is 21.7 Å². The van der Waals surface area contributed by atoms with Crippen LogP contribution in [-0.4, -0.2) is 4.40 Å². The summed E-state index contributed by atoms with van der Waals surface area (Å²) in [5.74, 6) is 0. The molecule has 33 heavy (non-hydrogen) atoms. The van der Waals surface area contributed by atoms with Crippen LogP contribution in [0, 0.1) is 6.92 Å². The van der Waals surface area contributed by atoms with Crippen LogP contribution in [0.5, 0.6) is 0 Å². The number of benzene rings is 3. The minimum absolute atomic E-state index is 0.0646. The lowest BCUT2D eigenvalue weighted by Gasteiger charge is -2.13. The lowest BCUT2D eigenvalue weighted by atomic mass is 9.91. The molecule has 0 aliphatic heterocycles. The average Bonchev–Trinajstić information content (AvgIpc) is 3.16. The summed E-state index contributed by atoms with van der Waals surface area (Å²) in [5.41, 5.74) is 8.92. The zero-order chi connectivity index (χ0) is 23.3. The van der Waals surface area contributed by atoms with E-state index in [0.29, 0.717) is 5.56 Å². The van der Waals surface area contributed by atoms with E-state index < -0.39 is 0 Å². The predicted octanol–water partition coefficient (Wildman–Crippen LogP) is 7.98. The molecule has 0 spiro atoms. The molecule has 0 amide bonds.